The first-order chi connectivity index (χ1) is 6.99. The molecule has 0 amide bonds. The van der Waals surface area contributed by atoms with Gasteiger partial charge in [-0.05, 0) is 12.8 Å². The smallest absolute Gasteiger partial charge is 0.330 e. The van der Waals surface area contributed by atoms with Crippen LogP contribution in [0.2, 0.25) is 0 Å². The van der Waals surface area contributed by atoms with Gasteiger partial charge in [0.05, 0.1) is 6.61 Å². The van der Waals surface area contributed by atoms with Crippen molar-refractivity contribution in [2.45, 2.75) is 26.8 Å². The van der Waals surface area contributed by atoms with Crippen LogP contribution in [0, 0.1) is 5.92 Å². The molecule has 0 aromatic carbocycles. The Kier molecular flexibility index (Phi) is 6.99. The Morgan fingerprint density at radius 1 is 1.53 bits per heavy atom. The maximum atomic E-state index is 10.5. The largest absolute Gasteiger partial charge is 0.478 e. The van der Waals surface area contributed by atoms with Gasteiger partial charge in [-0.25, -0.2) is 4.79 Å². The number of rotatable bonds is 7. The average Bonchev–Trinajstić information content (AvgIpc) is 2.15. The number of carboxylic acids is 1. The number of ether oxygens (including phenoxy) is 1. The van der Waals surface area contributed by atoms with E-state index in [0.717, 1.165) is 0 Å². The summed E-state index contributed by atoms with van der Waals surface area (Å²) < 4.78 is 5.07. The number of carboxylic acid groups (broad SMARTS) is 1. The van der Waals surface area contributed by atoms with Crippen molar-refractivity contribution in [3.63, 3.8) is 0 Å². The van der Waals surface area contributed by atoms with Gasteiger partial charge in [-0.3, -0.25) is 0 Å². The molecule has 0 radical (unpaired) electrons. The summed E-state index contributed by atoms with van der Waals surface area (Å²) in [5.74, 6) is -0.409. The molecule has 0 aliphatic rings. The molecule has 1 atom stereocenters. The molecular weight excluding hydrogens is 194 g/mol. The van der Waals surface area contributed by atoms with E-state index in [-0.39, 0.29) is 6.04 Å². The monoisotopic (exact) mass is 215 g/mol. The summed E-state index contributed by atoms with van der Waals surface area (Å²) in [4.78, 5) is 10.5. The van der Waals surface area contributed by atoms with Gasteiger partial charge in [-0.2, -0.15) is 0 Å². The van der Waals surface area contributed by atoms with E-state index in [1.54, 1.807) is 20.1 Å². The van der Waals surface area contributed by atoms with Crippen LogP contribution >= 0.6 is 0 Å². The molecule has 0 aliphatic heterocycles. The molecule has 0 bridgehead atoms. The second kappa shape index (κ2) is 7.43. The first-order valence-electron chi connectivity index (χ1n) is 5.11. The summed E-state index contributed by atoms with van der Waals surface area (Å²) in [6.07, 6.45) is 1.67. The number of nitrogens with one attached hydrogen (secondary N) is 1. The Hall–Kier alpha value is -0.870. The molecule has 88 valence electrons. The summed E-state index contributed by atoms with van der Waals surface area (Å²) in [5, 5.41) is 11.9. The molecule has 4 nitrogen and oxygen atoms in total. The van der Waals surface area contributed by atoms with Crippen LogP contribution in [-0.4, -0.2) is 37.4 Å². The highest BCUT2D eigenvalue weighted by atomic mass is 16.5. The van der Waals surface area contributed by atoms with E-state index in [2.05, 4.69) is 19.2 Å². The second-order valence-electron chi connectivity index (χ2n) is 3.91. The van der Waals surface area contributed by atoms with Gasteiger partial charge in [0.25, 0.3) is 0 Å². The van der Waals surface area contributed by atoms with Crippen molar-refractivity contribution in [1.82, 2.24) is 5.32 Å². The predicted molar refractivity (Wildman–Crippen MR) is 59.9 cm³/mol. The van der Waals surface area contributed by atoms with Crippen LogP contribution in [0.15, 0.2) is 11.6 Å². The Morgan fingerprint density at radius 2 is 2.13 bits per heavy atom. The first-order valence-corrected chi connectivity index (χ1v) is 5.11. The van der Waals surface area contributed by atoms with E-state index < -0.39 is 5.97 Å². The van der Waals surface area contributed by atoms with Crippen LogP contribution < -0.4 is 5.32 Å². The molecule has 0 saturated carbocycles. The van der Waals surface area contributed by atoms with Gasteiger partial charge in [0.15, 0.2) is 0 Å². The van der Waals surface area contributed by atoms with E-state index in [9.17, 15) is 4.79 Å². The lowest BCUT2D eigenvalue weighted by Crippen LogP contribution is -2.37. The van der Waals surface area contributed by atoms with Crippen LogP contribution in [0.3, 0.4) is 0 Å². The summed E-state index contributed by atoms with van der Waals surface area (Å²) in [6.45, 7) is 6.99. The van der Waals surface area contributed by atoms with E-state index in [4.69, 9.17) is 9.84 Å². The topological polar surface area (TPSA) is 58.6 Å². The van der Waals surface area contributed by atoms with E-state index in [1.807, 2.05) is 0 Å². The zero-order valence-corrected chi connectivity index (χ0v) is 9.91. The molecule has 1 unspecified atom stereocenters. The second-order valence-corrected chi connectivity index (χ2v) is 3.91. The van der Waals surface area contributed by atoms with E-state index >= 15 is 0 Å². The quantitative estimate of drug-likeness (QED) is 0.628. The molecule has 4 heteroatoms. The van der Waals surface area contributed by atoms with Crippen molar-refractivity contribution >= 4 is 5.97 Å². The van der Waals surface area contributed by atoms with Gasteiger partial charge >= 0.3 is 5.97 Å². The van der Waals surface area contributed by atoms with Crippen molar-refractivity contribution in [3.8, 4) is 0 Å². The fourth-order valence-electron chi connectivity index (χ4n) is 1.12. The molecule has 0 heterocycles. The number of carbonyl (C=O) groups is 1. The highest BCUT2D eigenvalue weighted by Crippen LogP contribution is 2.01. The van der Waals surface area contributed by atoms with Crippen molar-refractivity contribution in [2.24, 2.45) is 5.92 Å². The number of aliphatic carboxylic acids is 1. The normalized spacial score (nSPS) is 14.3. The summed E-state index contributed by atoms with van der Waals surface area (Å²) in [6, 6.07) is 0.257. The molecule has 0 spiro atoms. The van der Waals surface area contributed by atoms with Crippen LogP contribution in [0.4, 0.5) is 0 Å². The Balaban J connectivity index is 4.00. The lowest BCUT2D eigenvalue weighted by Gasteiger charge is -2.20. The molecule has 0 aliphatic carbocycles. The minimum atomic E-state index is -0.871. The van der Waals surface area contributed by atoms with Gasteiger partial charge in [0.2, 0.25) is 0 Å². The van der Waals surface area contributed by atoms with Gasteiger partial charge in [0.1, 0.15) is 0 Å². The van der Waals surface area contributed by atoms with Gasteiger partial charge in [-0.15, -0.1) is 0 Å². The molecule has 15 heavy (non-hydrogen) atoms. The molecule has 0 saturated heterocycles. The third kappa shape index (κ3) is 6.25. The van der Waals surface area contributed by atoms with Crippen LogP contribution in [0.5, 0.6) is 0 Å². The van der Waals surface area contributed by atoms with E-state index in [1.165, 1.54) is 0 Å². The summed E-state index contributed by atoms with van der Waals surface area (Å²) in [5.41, 5.74) is 0.363. The predicted octanol–water partition coefficient (Wildman–Crippen LogP) is 1.28. The summed E-state index contributed by atoms with van der Waals surface area (Å²) >= 11 is 0. The van der Waals surface area contributed by atoms with Gasteiger partial charge in [-0.1, -0.05) is 19.9 Å². The molecule has 0 aromatic heterocycles. The maximum absolute atomic E-state index is 10.5. The number of hydrogen-bond donors (Lipinski definition) is 2. The van der Waals surface area contributed by atoms with Crippen LogP contribution in [0.25, 0.3) is 0 Å². The highest BCUT2D eigenvalue weighted by Gasteiger charge is 2.11. The minimum Gasteiger partial charge on any atom is -0.478 e. The molecule has 2 N–H and O–H groups in total. The number of hydrogen-bond acceptors (Lipinski definition) is 3. The maximum Gasteiger partial charge on any atom is 0.330 e. The molecule has 0 fully saturated rings. The highest BCUT2D eigenvalue weighted by molar-refractivity contribution is 5.85. The first kappa shape index (κ1) is 14.1. The van der Waals surface area contributed by atoms with Crippen molar-refractivity contribution in [3.05, 3.63) is 11.6 Å². The van der Waals surface area contributed by atoms with Crippen LogP contribution in [0.1, 0.15) is 20.8 Å². The van der Waals surface area contributed by atoms with E-state index in [0.29, 0.717) is 24.6 Å². The molecular formula is C11H21NO3. The van der Waals surface area contributed by atoms with Crippen molar-refractivity contribution in [1.29, 1.82) is 0 Å². The third-order valence-electron chi connectivity index (χ3n) is 2.28. The number of methoxy groups -OCH3 is 1. The zero-order valence-electron chi connectivity index (χ0n) is 9.91. The van der Waals surface area contributed by atoms with Crippen molar-refractivity contribution < 1.29 is 14.6 Å². The molecule has 0 rings (SSSR count). The average molecular weight is 215 g/mol. The summed E-state index contributed by atoms with van der Waals surface area (Å²) in [7, 11) is 1.66. The minimum absolute atomic E-state index is 0.257. The standard InChI is InChI=1S/C11H21NO3/c1-8(2)10(7-15-4)12-6-5-9(3)11(13)14/h5,8,10,12H,6-7H2,1-4H3,(H,13,14)/b9-5-. The fourth-order valence-corrected chi connectivity index (χ4v) is 1.12. The zero-order chi connectivity index (χ0) is 11.8. The van der Waals surface area contributed by atoms with Crippen molar-refractivity contribution in [2.75, 3.05) is 20.3 Å². The molecule has 0 aromatic rings. The lowest BCUT2D eigenvalue weighted by molar-refractivity contribution is -0.132. The fraction of sp³-hybridized carbons (Fsp3) is 0.727. The van der Waals surface area contributed by atoms with Gasteiger partial charge < -0.3 is 15.2 Å². The SMILES string of the molecule is COCC(NC/C=C(/C)C(=O)O)C(C)C. The lowest BCUT2D eigenvalue weighted by atomic mass is 10.1. The Labute approximate surface area is 91.3 Å². The van der Waals surface area contributed by atoms with Crippen LogP contribution in [-0.2, 0) is 9.53 Å². The Bertz CT molecular complexity index is 224. The third-order valence-corrected chi connectivity index (χ3v) is 2.28. The Morgan fingerprint density at radius 3 is 2.53 bits per heavy atom. The van der Waals surface area contributed by atoms with Gasteiger partial charge in [0, 0.05) is 25.3 Å².